The molecule has 68 valence electrons. The fourth-order valence-electron chi connectivity index (χ4n) is 0.770. The summed E-state index contributed by atoms with van der Waals surface area (Å²) in [6.07, 6.45) is 0.878. The second-order valence-corrected chi connectivity index (χ2v) is 9.71. The highest BCUT2D eigenvalue weighted by Crippen LogP contribution is 2.37. The van der Waals surface area contributed by atoms with Gasteiger partial charge in [0, 0.05) is 6.16 Å². The van der Waals surface area contributed by atoms with E-state index in [1.165, 1.54) is 0 Å². The molecule has 0 saturated carbocycles. The van der Waals surface area contributed by atoms with Gasteiger partial charge in [0.15, 0.2) is 0 Å². The minimum atomic E-state index is -3.88. The van der Waals surface area contributed by atoms with Crippen LogP contribution < -0.4 is 0 Å². The van der Waals surface area contributed by atoms with Crippen LogP contribution in [0.3, 0.4) is 0 Å². The van der Waals surface area contributed by atoms with Gasteiger partial charge in [0.25, 0.3) is 0 Å². The van der Waals surface area contributed by atoms with Gasteiger partial charge in [-0.2, -0.15) is 0 Å². The molecule has 0 saturated heterocycles. The lowest BCUT2D eigenvalue weighted by atomic mass is 10.6. The largest absolute Gasteiger partial charge is 0.422 e. The van der Waals surface area contributed by atoms with Crippen LogP contribution in [0.15, 0.2) is 0 Å². The van der Waals surface area contributed by atoms with Crippen molar-refractivity contribution in [2.75, 3.05) is 19.5 Å². The SMILES string of the molecule is C[Si](F)(F)CCCP(C)(C)=O. The lowest BCUT2D eigenvalue weighted by molar-refractivity contribution is 0.578. The van der Waals surface area contributed by atoms with Crippen LogP contribution in [0, 0.1) is 0 Å². The first-order chi connectivity index (χ1) is 4.71. The summed E-state index contributed by atoms with van der Waals surface area (Å²) >= 11 is 0. The Balaban J connectivity index is 3.52. The lowest BCUT2D eigenvalue weighted by Crippen LogP contribution is -2.15. The van der Waals surface area contributed by atoms with Crippen LogP contribution in [0.2, 0.25) is 12.6 Å². The molecule has 0 fully saturated rings. The Hall–Kier alpha value is 0.307. The van der Waals surface area contributed by atoms with Crippen molar-refractivity contribution in [3.8, 4) is 0 Å². The Bertz CT molecular complexity index is 160. The highest BCUT2D eigenvalue weighted by molar-refractivity contribution is 7.62. The highest BCUT2D eigenvalue weighted by atomic mass is 31.2. The molecule has 0 aliphatic heterocycles. The van der Waals surface area contributed by atoms with Crippen LogP contribution in [0.4, 0.5) is 8.22 Å². The van der Waals surface area contributed by atoms with Gasteiger partial charge in [-0.1, -0.05) is 0 Å². The van der Waals surface area contributed by atoms with Crippen molar-refractivity contribution in [1.29, 1.82) is 0 Å². The first-order valence-corrected chi connectivity index (χ1v) is 8.87. The molecule has 0 rings (SSSR count). The summed E-state index contributed by atoms with van der Waals surface area (Å²) < 4.78 is 35.8. The molecule has 1 nitrogen and oxygen atoms in total. The first-order valence-electron chi connectivity index (χ1n) is 3.62. The third kappa shape index (κ3) is 10.3. The van der Waals surface area contributed by atoms with Crippen molar-refractivity contribution in [2.45, 2.75) is 19.0 Å². The normalized spacial score (nSPS) is 13.5. The van der Waals surface area contributed by atoms with Gasteiger partial charge >= 0.3 is 8.74 Å². The Labute approximate surface area is 67.9 Å². The number of hydrogen-bond donors (Lipinski definition) is 0. The van der Waals surface area contributed by atoms with E-state index in [0.717, 1.165) is 6.55 Å². The van der Waals surface area contributed by atoms with Crippen LogP contribution in [-0.2, 0) is 4.57 Å². The van der Waals surface area contributed by atoms with E-state index in [4.69, 9.17) is 0 Å². The smallest absolute Gasteiger partial charge is 0.324 e. The van der Waals surface area contributed by atoms with Gasteiger partial charge in [0.2, 0.25) is 0 Å². The van der Waals surface area contributed by atoms with E-state index in [9.17, 15) is 12.8 Å². The fraction of sp³-hybridized carbons (Fsp3) is 1.00. The van der Waals surface area contributed by atoms with Gasteiger partial charge in [-0.3, -0.25) is 8.22 Å². The summed E-state index contributed by atoms with van der Waals surface area (Å²) in [7, 11) is -5.94. The van der Waals surface area contributed by atoms with Crippen molar-refractivity contribution < 1.29 is 12.8 Å². The van der Waals surface area contributed by atoms with Gasteiger partial charge in [-0.05, 0) is 32.3 Å². The van der Waals surface area contributed by atoms with Gasteiger partial charge < -0.3 is 4.57 Å². The molecule has 0 aromatic rings. The average Bonchev–Trinajstić information content (AvgIpc) is 1.55. The Kier molecular flexibility index (Phi) is 3.92. The zero-order valence-electron chi connectivity index (χ0n) is 7.23. The summed E-state index contributed by atoms with van der Waals surface area (Å²) in [5, 5.41) is 0. The molecule has 0 heterocycles. The molecule has 0 aromatic carbocycles. The van der Waals surface area contributed by atoms with Crippen LogP contribution in [0.5, 0.6) is 0 Å². The molecule has 0 aliphatic rings. The number of hydrogen-bond acceptors (Lipinski definition) is 1. The van der Waals surface area contributed by atoms with Crippen molar-refractivity contribution >= 4 is 15.9 Å². The van der Waals surface area contributed by atoms with Crippen molar-refractivity contribution in [3.05, 3.63) is 0 Å². The molecule has 0 radical (unpaired) electrons. The summed E-state index contributed by atoms with van der Waals surface area (Å²) in [6, 6.07) is -0.0152. The second kappa shape index (κ2) is 3.81. The molecule has 0 N–H and O–H groups in total. The van der Waals surface area contributed by atoms with Crippen LogP contribution >= 0.6 is 7.14 Å². The third-order valence-electron chi connectivity index (χ3n) is 1.31. The zero-order valence-corrected chi connectivity index (χ0v) is 9.13. The topological polar surface area (TPSA) is 17.1 Å². The minimum absolute atomic E-state index is 0.0152. The monoisotopic (exact) mass is 200 g/mol. The van der Waals surface area contributed by atoms with Crippen molar-refractivity contribution in [3.63, 3.8) is 0 Å². The molecule has 0 aliphatic carbocycles. The van der Waals surface area contributed by atoms with E-state index < -0.39 is 15.9 Å². The molecular formula is C6H15F2OPSi. The highest BCUT2D eigenvalue weighted by Gasteiger charge is 2.27. The van der Waals surface area contributed by atoms with E-state index in [0.29, 0.717) is 12.6 Å². The van der Waals surface area contributed by atoms with Gasteiger partial charge in [0.1, 0.15) is 0 Å². The first kappa shape index (κ1) is 11.3. The summed E-state index contributed by atoms with van der Waals surface area (Å²) in [5.41, 5.74) is 0. The van der Waals surface area contributed by atoms with Crippen molar-refractivity contribution in [2.24, 2.45) is 0 Å². The minimum Gasteiger partial charge on any atom is -0.324 e. The predicted molar refractivity (Wildman–Crippen MR) is 47.6 cm³/mol. The Morgan fingerprint density at radius 2 is 1.82 bits per heavy atom. The molecule has 5 heteroatoms. The second-order valence-electron chi connectivity index (χ2n) is 3.47. The van der Waals surface area contributed by atoms with E-state index in [1.54, 1.807) is 13.3 Å². The maximum atomic E-state index is 12.3. The summed E-state index contributed by atoms with van der Waals surface area (Å²) in [4.78, 5) is 0. The summed E-state index contributed by atoms with van der Waals surface area (Å²) in [5.74, 6) is 0. The molecular weight excluding hydrogens is 185 g/mol. The standard InChI is InChI=1S/C6H15F2OPSi/c1-10(2,9)5-4-6-11(3,7)8/h4-6H2,1-3H3. The van der Waals surface area contributed by atoms with Crippen LogP contribution in [0.1, 0.15) is 6.42 Å². The van der Waals surface area contributed by atoms with Gasteiger partial charge in [-0.25, -0.2) is 0 Å². The van der Waals surface area contributed by atoms with Crippen molar-refractivity contribution in [1.82, 2.24) is 0 Å². The molecule has 0 amide bonds. The number of halogens is 2. The number of rotatable bonds is 4. The predicted octanol–water partition coefficient (Wildman–Crippen LogP) is 3.01. The van der Waals surface area contributed by atoms with Crippen LogP contribution in [0.25, 0.3) is 0 Å². The fourth-order valence-corrected chi connectivity index (χ4v) is 2.79. The van der Waals surface area contributed by atoms with E-state index in [-0.39, 0.29) is 6.04 Å². The van der Waals surface area contributed by atoms with E-state index in [2.05, 4.69) is 0 Å². The van der Waals surface area contributed by atoms with Gasteiger partial charge in [-0.15, -0.1) is 0 Å². The quantitative estimate of drug-likeness (QED) is 0.387. The third-order valence-corrected chi connectivity index (χ3v) is 3.94. The zero-order chi connectivity index (χ0) is 9.12. The lowest BCUT2D eigenvalue weighted by Gasteiger charge is -2.08. The van der Waals surface area contributed by atoms with E-state index >= 15 is 0 Å². The van der Waals surface area contributed by atoms with Crippen LogP contribution in [-0.4, -0.2) is 28.2 Å². The molecule has 0 aromatic heterocycles. The maximum Gasteiger partial charge on any atom is 0.422 e. The average molecular weight is 200 g/mol. The molecule has 0 unspecified atom stereocenters. The Morgan fingerprint density at radius 3 is 2.09 bits per heavy atom. The van der Waals surface area contributed by atoms with E-state index in [1.807, 2.05) is 0 Å². The molecule has 0 atom stereocenters. The molecule has 0 spiro atoms. The molecule has 0 bridgehead atoms. The Morgan fingerprint density at radius 1 is 1.36 bits per heavy atom. The molecule has 11 heavy (non-hydrogen) atoms. The maximum absolute atomic E-state index is 12.3. The summed E-state index contributed by atoms with van der Waals surface area (Å²) in [6.45, 7) is 4.31. The van der Waals surface area contributed by atoms with Gasteiger partial charge in [0.05, 0.1) is 7.14 Å².